The Morgan fingerprint density at radius 2 is 2.33 bits per heavy atom. The molecule has 1 aliphatic rings. The van der Waals surface area contributed by atoms with Crippen LogP contribution in [0.3, 0.4) is 0 Å². The van der Waals surface area contributed by atoms with E-state index in [1.54, 1.807) is 6.20 Å². The van der Waals surface area contributed by atoms with E-state index in [1.165, 1.54) is 0 Å². The summed E-state index contributed by atoms with van der Waals surface area (Å²) in [5.74, 6) is 0. The van der Waals surface area contributed by atoms with E-state index in [4.69, 9.17) is 27.9 Å². The van der Waals surface area contributed by atoms with Gasteiger partial charge < -0.3 is 4.74 Å². The van der Waals surface area contributed by atoms with E-state index in [0.29, 0.717) is 0 Å². The Morgan fingerprint density at radius 3 is 3.08 bits per heavy atom. The number of hydrogen-bond donors (Lipinski definition) is 0. The van der Waals surface area contributed by atoms with E-state index in [1.807, 2.05) is 6.92 Å². The van der Waals surface area contributed by atoms with Crippen LogP contribution in [0.15, 0.2) is 6.20 Å². The highest BCUT2D eigenvalue weighted by molar-refractivity contribution is 6.28. The number of rotatable bonds is 0. The molecule has 2 unspecified atom stereocenters. The first-order valence-electron chi connectivity index (χ1n) is 3.50. The number of hydrogen-bond acceptors (Lipinski definition) is 3. The highest BCUT2D eigenvalue weighted by Gasteiger charge is 2.29. The number of halogens is 2. The molecule has 2 atom stereocenters. The monoisotopic (exact) mass is 204 g/mol. The van der Waals surface area contributed by atoms with Crippen molar-refractivity contribution < 1.29 is 4.74 Å². The maximum Gasteiger partial charge on any atom is 0.222 e. The van der Waals surface area contributed by atoms with Gasteiger partial charge in [0.1, 0.15) is 0 Å². The molecule has 0 N–H and O–H groups in total. The third-order valence-electron chi connectivity index (χ3n) is 1.77. The summed E-state index contributed by atoms with van der Waals surface area (Å²) in [5, 5.41) is 0.231. The Balaban J connectivity index is 2.53. The highest BCUT2D eigenvalue weighted by Crippen LogP contribution is 2.39. The molecule has 64 valence electrons. The van der Waals surface area contributed by atoms with Gasteiger partial charge in [-0.2, -0.15) is 0 Å². The van der Waals surface area contributed by atoms with E-state index < -0.39 is 5.56 Å². The molecule has 0 spiro atoms. The smallest absolute Gasteiger partial charge is 0.222 e. The predicted octanol–water partition coefficient (Wildman–Crippen LogP) is 2.46. The molecule has 0 fully saturated rings. The fraction of sp³-hybridized carbons (Fsp3) is 0.429. The van der Waals surface area contributed by atoms with Crippen LogP contribution < -0.4 is 0 Å². The predicted molar refractivity (Wildman–Crippen MR) is 45.1 cm³/mol. The Morgan fingerprint density at radius 1 is 1.58 bits per heavy atom. The largest absolute Gasteiger partial charge is 0.349 e. The van der Waals surface area contributed by atoms with Crippen LogP contribution in [-0.2, 0) is 4.74 Å². The molecular weight excluding hydrogens is 199 g/mol. The lowest BCUT2D eigenvalue weighted by atomic mass is 10.2. The fourth-order valence-electron chi connectivity index (χ4n) is 1.20. The molecule has 0 aromatic carbocycles. The van der Waals surface area contributed by atoms with Crippen LogP contribution in [0.5, 0.6) is 0 Å². The summed E-state index contributed by atoms with van der Waals surface area (Å²) in [6.45, 7) is 1.88. The van der Waals surface area contributed by atoms with E-state index in [9.17, 15) is 0 Å². The van der Waals surface area contributed by atoms with Gasteiger partial charge in [0.15, 0.2) is 5.56 Å². The lowest BCUT2D eigenvalue weighted by Crippen LogP contribution is -1.94. The maximum absolute atomic E-state index is 5.84. The van der Waals surface area contributed by atoms with Crippen molar-refractivity contribution in [1.29, 1.82) is 0 Å². The van der Waals surface area contributed by atoms with Crippen molar-refractivity contribution in [3.05, 3.63) is 22.7 Å². The van der Waals surface area contributed by atoms with Crippen molar-refractivity contribution in [2.45, 2.75) is 18.6 Å². The first-order valence-corrected chi connectivity index (χ1v) is 4.32. The molecule has 12 heavy (non-hydrogen) atoms. The Labute approximate surface area is 79.7 Å². The quantitative estimate of drug-likeness (QED) is 0.482. The van der Waals surface area contributed by atoms with Gasteiger partial charge in [0.25, 0.3) is 0 Å². The molecule has 0 aliphatic carbocycles. The number of nitrogens with zero attached hydrogens (tertiary/aromatic N) is 2. The maximum atomic E-state index is 5.84. The Hall–Kier alpha value is -0.380. The van der Waals surface area contributed by atoms with E-state index in [-0.39, 0.29) is 11.4 Å². The molecule has 2 rings (SSSR count). The molecule has 2 heterocycles. The summed E-state index contributed by atoms with van der Waals surface area (Å²) in [6.07, 6.45) is 1.51. The topological polar surface area (TPSA) is 35.0 Å². The number of alkyl halides is 1. The summed E-state index contributed by atoms with van der Waals surface area (Å²) in [6, 6.07) is 0. The van der Waals surface area contributed by atoms with Gasteiger partial charge in [-0.15, -0.1) is 0 Å². The van der Waals surface area contributed by atoms with Crippen molar-refractivity contribution in [3.8, 4) is 0 Å². The van der Waals surface area contributed by atoms with Crippen LogP contribution in [0.4, 0.5) is 0 Å². The van der Waals surface area contributed by atoms with Crippen LogP contribution >= 0.6 is 23.2 Å². The normalized spacial score (nSPS) is 27.2. The molecule has 1 aromatic rings. The molecule has 1 aliphatic heterocycles. The lowest BCUT2D eigenvalue weighted by molar-refractivity contribution is 0.0673. The molecule has 0 radical (unpaired) electrons. The van der Waals surface area contributed by atoms with Gasteiger partial charge in [-0.3, -0.25) is 0 Å². The first-order chi connectivity index (χ1) is 5.68. The standard InChI is InChI=1S/C7H6Cl2N2O/c1-3-5-4(6(8)12-3)2-10-7(9)11-5/h2-3,6H,1H3. The third-order valence-corrected chi connectivity index (χ3v) is 2.29. The minimum atomic E-state index is -0.438. The summed E-state index contributed by atoms with van der Waals surface area (Å²) >= 11 is 11.5. The minimum absolute atomic E-state index is 0.0944. The van der Waals surface area contributed by atoms with Crippen LogP contribution in [0.2, 0.25) is 5.28 Å². The fourth-order valence-corrected chi connectivity index (χ4v) is 1.66. The molecule has 0 saturated heterocycles. The van der Waals surface area contributed by atoms with Crippen molar-refractivity contribution >= 4 is 23.2 Å². The summed E-state index contributed by atoms with van der Waals surface area (Å²) in [5.41, 5.74) is 1.16. The molecule has 0 bridgehead atoms. The highest BCUT2D eigenvalue weighted by atomic mass is 35.5. The summed E-state index contributed by atoms with van der Waals surface area (Å²) in [4.78, 5) is 7.86. The number of aromatic nitrogens is 2. The van der Waals surface area contributed by atoms with Gasteiger partial charge in [0.2, 0.25) is 5.28 Å². The lowest BCUT2D eigenvalue weighted by Gasteiger charge is -2.00. The summed E-state index contributed by atoms with van der Waals surface area (Å²) in [7, 11) is 0. The van der Waals surface area contributed by atoms with Gasteiger partial charge in [0, 0.05) is 11.8 Å². The zero-order valence-electron chi connectivity index (χ0n) is 6.29. The van der Waals surface area contributed by atoms with Gasteiger partial charge >= 0.3 is 0 Å². The number of fused-ring (bicyclic) bond motifs is 1. The second-order valence-corrected chi connectivity index (χ2v) is 3.31. The SMILES string of the molecule is CC1OC(Cl)c2cnc(Cl)nc21. The molecule has 5 heteroatoms. The van der Waals surface area contributed by atoms with Crippen molar-refractivity contribution in [2.75, 3.05) is 0 Å². The zero-order valence-corrected chi connectivity index (χ0v) is 7.80. The first kappa shape index (κ1) is 8.23. The van der Waals surface area contributed by atoms with Gasteiger partial charge in [-0.05, 0) is 18.5 Å². The van der Waals surface area contributed by atoms with Gasteiger partial charge in [-0.25, -0.2) is 9.97 Å². The van der Waals surface area contributed by atoms with Crippen LogP contribution in [0, 0.1) is 0 Å². The van der Waals surface area contributed by atoms with Crippen LogP contribution in [0.25, 0.3) is 0 Å². The van der Waals surface area contributed by atoms with Crippen molar-refractivity contribution in [2.24, 2.45) is 0 Å². The average molecular weight is 205 g/mol. The average Bonchev–Trinajstić information content (AvgIpc) is 2.28. The summed E-state index contributed by atoms with van der Waals surface area (Å²) < 4.78 is 5.29. The molecule has 3 nitrogen and oxygen atoms in total. The Kier molecular flexibility index (Phi) is 1.94. The van der Waals surface area contributed by atoms with E-state index in [2.05, 4.69) is 9.97 Å². The Bertz CT molecular complexity index is 318. The van der Waals surface area contributed by atoms with Crippen molar-refractivity contribution in [3.63, 3.8) is 0 Å². The molecule has 0 amide bonds. The van der Waals surface area contributed by atoms with E-state index >= 15 is 0 Å². The van der Waals surface area contributed by atoms with Gasteiger partial charge in [-0.1, -0.05) is 11.6 Å². The number of ether oxygens (including phenoxy) is 1. The minimum Gasteiger partial charge on any atom is -0.349 e. The van der Waals surface area contributed by atoms with Crippen LogP contribution in [0.1, 0.15) is 29.8 Å². The second-order valence-electron chi connectivity index (χ2n) is 2.57. The molecule has 0 saturated carbocycles. The molecular formula is C7H6Cl2N2O. The zero-order chi connectivity index (χ0) is 8.72. The van der Waals surface area contributed by atoms with Gasteiger partial charge in [0.05, 0.1) is 11.8 Å². The third kappa shape index (κ3) is 1.18. The van der Waals surface area contributed by atoms with E-state index in [0.717, 1.165) is 11.3 Å². The van der Waals surface area contributed by atoms with Crippen LogP contribution in [-0.4, -0.2) is 9.97 Å². The second kappa shape index (κ2) is 2.83. The van der Waals surface area contributed by atoms with Crippen molar-refractivity contribution in [1.82, 2.24) is 9.97 Å². The molecule has 1 aromatic heterocycles.